The van der Waals surface area contributed by atoms with Gasteiger partial charge in [0.15, 0.2) is 6.10 Å². The number of phenolic OH excluding ortho intramolecular Hbond substituents is 2. The summed E-state index contributed by atoms with van der Waals surface area (Å²) in [7, 11) is 0. The van der Waals surface area contributed by atoms with Crippen molar-refractivity contribution >= 4 is 11.1 Å². The molecule has 5 nitrogen and oxygen atoms in total. The van der Waals surface area contributed by atoms with Crippen LogP contribution in [0.3, 0.4) is 0 Å². The highest BCUT2D eigenvalue weighted by molar-refractivity contribution is 5.98. The third kappa shape index (κ3) is 5.39. The van der Waals surface area contributed by atoms with E-state index in [1.54, 1.807) is 24.3 Å². The highest BCUT2D eigenvalue weighted by Crippen LogP contribution is 2.53. The van der Waals surface area contributed by atoms with Crippen LogP contribution in [0.25, 0.3) is 11.1 Å². The summed E-state index contributed by atoms with van der Waals surface area (Å²) in [5.74, 6) is 1.01. The fourth-order valence-electron chi connectivity index (χ4n) is 5.01. The molecule has 2 N–H and O–H groups in total. The van der Waals surface area contributed by atoms with Crippen LogP contribution in [0.4, 0.5) is 13.2 Å². The van der Waals surface area contributed by atoms with E-state index in [2.05, 4.69) is 11.8 Å². The first-order valence-electron chi connectivity index (χ1n) is 12.2. The number of rotatable bonds is 6. The first-order valence-corrected chi connectivity index (χ1v) is 12.2. The van der Waals surface area contributed by atoms with Crippen molar-refractivity contribution in [1.82, 2.24) is 4.90 Å². The molecule has 3 aromatic carbocycles. The maximum atomic E-state index is 14.5. The minimum Gasteiger partial charge on any atom is -0.508 e. The Hall–Kier alpha value is -3.65. The summed E-state index contributed by atoms with van der Waals surface area (Å²) < 4.78 is 55.6. The third-order valence-corrected chi connectivity index (χ3v) is 6.84. The van der Waals surface area contributed by atoms with E-state index in [9.17, 15) is 23.4 Å². The van der Waals surface area contributed by atoms with Gasteiger partial charge in [-0.1, -0.05) is 31.2 Å². The maximum Gasteiger partial charge on any atom is 0.417 e. The number of ether oxygens (including phenoxy) is 2. The van der Waals surface area contributed by atoms with Crippen molar-refractivity contribution in [3.63, 3.8) is 0 Å². The zero-order valence-corrected chi connectivity index (χ0v) is 20.3. The first kappa shape index (κ1) is 25.0. The monoisotopic (exact) mass is 511 g/mol. The Bertz CT molecular complexity index is 1290. The number of likely N-dealkylation sites (tertiary alicyclic amines) is 1. The van der Waals surface area contributed by atoms with E-state index in [4.69, 9.17) is 9.47 Å². The Balaban J connectivity index is 1.48. The summed E-state index contributed by atoms with van der Waals surface area (Å²) in [5.41, 5.74) is -0.290. The van der Waals surface area contributed by atoms with E-state index in [0.29, 0.717) is 23.8 Å². The van der Waals surface area contributed by atoms with Gasteiger partial charge in [-0.05, 0) is 66.4 Å². The Labute approximate surface area is 213 Å². The molecule has 1 fully saturated rings. The van der Waals surface area contributed by atoms with Gasteiger partial charge in [-0.15, -0.1) is 0 Å². The topological polar surface area (TPSA) is 62.2 Å². The fraction of sp³-hybridized carbons (Fsp3) is 0.310. The number of aromatic hydroxyl groups is 2. The Kier molecular flexibility index (Phi) is 6.77. The molecule has 37 heavy (non-hydrogen) atoms. The van der Waals surface area contributed by atoms with E-state index in [1.807, 2.05) is 0 Å². The molecule has 0 bridgehead atoms. The summed E-state index contributed by atoms with van der Waals surface area (Å²) in [6, 6.07) is 16.0. The molecule has 3 aromatic rings. The van der Waals surface area contributed by atoms with Gasteiger partial charge in [0.2, 0.25) is 0 Å². The number of nitrogens with zero attached hydrogens (tertiary/aromatic N) is 1. The van der Waals surface area contributed by atoms with Crippen LogP contribution >= 0.6 is 0 Å². The normalized spacial score (nSPS) is 20.0. The number of halogens is 3. The van der Waals surface area contributed by atoms with E-state index < -0.39 is 17.9 Å². The molecule has 194 valence electrons. The van der Waals surface area contributed by atoms with E-state index >= 15 is 0 Å². The van der Waals surface area contributed by atoms with Crippen LogP contribution in [-0.4, -0.2) is 47.5 Å². The van der Waals surface area contributed by atoms with Gasteiger partial charge in [0, 0.05) is 30.3 Å². The molecular weight excluding hydrogens is 483 g/mol. The molecular formula is C29H28F3NO4. The van der Waals surface area contributed by atoms with Crippen molar-refractivity contribution in [3.05, 3.63) is 83.4 Å². The average molecular weight is 512 g/mol. The standard InChI is InChI=1S/C29H28F3NO4/c1-18-12-13-33(17-18)14-15-36-23-9-4-20(5-10-23)28-26(19-2-6-21(34)7-3-19)27(29(30,31)32)24-11-8-22(35)16-25(24)37-28/h2-11,16,18,28,34-35H,12-15,17H2,1H3. The number of hydrogen-bond acceptors (Lipinski definition) is 5. The number of phenols is 2. The molecule has 0 aliphatic carbocycles. The Morgan fingerprint density at radius 1 is 0.973 bits per heavy atom. The van der Waals surface area contributed by atoms with Gasteiger partial charge in [-0.3, -0.25) is 4.90 Å². The van der Waals surface area contributed by atoms with Crippen LogP contribution in [0, 0.1) is 5.92 Å². The molecule has 0 saturated carbocycles. The van der Waals surface area contributed by atoms with Crippen LogP contribution in [0.1, 0.15) is 36.1 Å². The molecule has 0 aromatic heterocycles. The van der Waals surface area contributed by atoms with E-state index in [0.717, 1.165) is 19.6 Å². The molecule has 2 aliphatic heterocycles. The summed E-state index contributed by atoms with van der Waals surface area (Å²) in [4.78, 5) is 2.36. The van der Waals surface area contributed by atoms with Gasteiger partial charge >= 0.3 is 6.18 Å². The van der Waals surface area contributed by atoms with E-state index in [1.165, 1.54) is 48.9 Å². The van der Waals surface area contributed by atoms with Gasteiger partial charge in [0.25, 0.3) is 0 Å². The number of allylic oxidation sites excluding steroid dienone is 1. The quantitative estimate of drug-likeness (QED) is 0.400. The van der Waals surface area contributed by atoms with Crippen molar-refractivity contribution in [1.29, 1.82) is 0 Å². The molecule has 8 heteroatoms. The van der Waals surface area contributed by atoms with Crippen LogP contribution in [-0.2, 0) is 0 Å². The SMILES string of the molecule is CC1CCN(CCOc2ccc(C3Oc4cc(O)ccc4C(C(F)(F)F)=C3c3ccc(O)cc3)cc2)C1. The lowest BCUT2D eigenvalue weighted by Gasteiger charge is -2.33. The molecule has 0 amide bonds. The smallest absolute Gasteiger partial charge is 0.417 e. The van der Waals surface area contributed by atoms with Crippen LogP contribution < -0.4 is 9.47 Å². The zero-order chi connectivity index (χ0) is 26.2. The van der Waals surface area contributed by atoms with Gasteiger partial charge in [-0.2, -0.15) is 13.2 Å². The summed E-state index contributed by atoms with van der Waals surface area (Å²) in [5, 5.41) is 19.7. The number of fused-ring (bicyclic) bond motifs is 1. The average Bonchev–Trinajstić information content (AvgIpc) is 3.28. The number of hydrogen-bond donors (Lipinski definition) is 2. The minimum atomic E-state index is -4.70. The molecule has 2 unspecified atom stereocenters. The molecule has 2 atom stereocenters. The van der Waals surface area contributed by atoms with Crippen LogP contribution in [0.15, 0.2) is 66.7 Å². The summed E-state index contributed by atoms with van der Waals surface area (Å²) >= 11 is 0. The lowest BCUT2D eigenvalue weighted by molar-refractivity contribution is -0.0695. The van der Waals surface area contributed by atoms with Gasteiger partial charge in [0.05, 0.1) is 5.57 Å². The number of alkyl halides is 3. The van der Waals surface area contributed by atoms with E-state index in [-0.39, 0.29) is 33.9 Å². The third-order valence-electron chi connectivity index (χ3n) is 6.84. The van der Waals surface area contributed by atoms with Crippen molar-refractivity contribution in [2.24, 2.45) is 5.92 Å². The molecule has 2 aliphatic rings. The lowest BCUT2D eigenvalue weighted by Crippen LogP contribution is -2.26. The van der Waals surface area contributed by atoms with Gasteiger partial charge in [-0.25, -0.2) is 0 Å². The lowest BCUT2D eigenvalue weighted by atomic mass is 9.85. The van der Waals surface area contributed by atoms with Crippen molar-refractivity contribution in [3.8, 4) is 23.0 Å². The summed E-state index contributed by atoms with van der Waals surface area (Å²) in [6.45, 7) is 5.70. The van der Waals surface area contributed by atoms with Gasteiger partial charge in [0.1, 0.15) is 29.6 Å². The van der Waals surface area contributed by atoms with Crippen LogP contribution in [0.2, 0.25) is 0 Å². The fourth-order valence-corrected chi connectivity index (χ4v) is 5.01. The molecule has 0 spiro atoms. The second-order valence-corrected chi connectivity index (χ2v) is 9.62. The van der Waals surface area contributed by atoms with Crippen molar-refractivity contribution in [2.45, 2.75) is 25.6 Å². The molecule has 0 radical (unpaired) electrons. The zero-order valence-electron chi connectivity index (χ0n) is 20.3. The predicted molar refractivity (Wildman–Crippen MR) is 135 cm³/mol. The second-order valence-electron chi connectivity index (χ2n) is 9.62. The maximum absolute atomic E-state index is 14.5. The molecule has 5 rings (SSSR count). The Morgan fingerprint density at radius 3 is 2.32 bits per heavy atom. The predicted octanol–water partition coefficient (Wildman–Crippen LogP) is 6.43. The molecule has 2 heterocycles. The molecule has 1 saturated heterocycles. The summed E-state index contributed by atoms with van der Waals surface area (Å²) in [6.07, 6.45) is -4.61. The first-order chi connectivity index (χ1) is 17.7. The largest absolute Gasteiger partial charge is 0.508 e. The van der Waals surface area contributed by atoms with Gasteiger partial charge < -0.3 is 19.7 Å². The van der Waals surface area contributed by atoms with Crippen molar-refractivity contribution in [2.75, 3.05) is 26.2 Å². The highest BCUT2D eigenvalue weighted by Gasteiger charge is 2.44. The highest BCUT2D eigenvalue weighted by atomic mass is 19.4. The number of benzene rings is 3. The second kappa shape index (κ2) is 10.0. The minimum absolute atomic E-state index is 0.0543. The van der Waals surface area contributed by atoms with Crippen molar-refractivity contribution < 1.29 is 32.9 Å². The Morgan fingerprint density at radius 2 is 1.68 bits per heavy atom. The van der Waals surface area contributed by atoms with Crippen LogP contribution in [0.5, 0.6) is 23.0 Å².